The number of aromatic nitrogens is 4. The zero-order valence-electron chi connectivity index (χ0n) is 56.8. The van der Waals surface area contributed by atoms with E-state index >= 15 is 132 Å². The minimum Gasteiger partial charge on any atom is -0.354 e. The predicted octanol–water partition coefficient (Wildman–Crippen LogP) is 19.0. The molecule has 12 bridgehead atoms. The fourth-order valence-corrected chi connectivity index (χ4v) is 13.9. The number of rotatable bonds is 6. The van der Waals surface area contributed by atoms with Crippen LogP contribution in [0, 0.1) is 186 Å². The Bertz CT molecular complexity index is 7150. The number of H-pyrrole nitrogens is 4. The van der Waals surface area contributed by atoms with E-state index in [1.165, 1.54) is 48.5 Å². The summed E-state index contributed by atoms with van der Waals surface area (Å²) in [7, 11) is 0. The molecule has 0 unspecified atom stereocenters. The van der Waals surface area contributed by atoms with Gasteiger partial charge in [0.15, 0.2) is 140 Å². The number of hydrogen-bond acceptors (Lipinski definition) is 2. The first kappa shape index (κ1) is 77.8. The minimum atomic E-state index is -2.95. The maximum Gasteiger partial charge on any atom is 0.200 e. The van der Waals surface area contributed by atoms with Crippen molar-refractivity contribution in [3.05, 3.63) is 396 Å². The van der Waals surface area contributed by atoms with Gasteiger partial charge in [-0.25, -0.2) is 142 Å². The fourth-order valence-electron chi connectivity index (χ4n) is 13.9. The Morgan fingerprint density at radius 1 is 0.229 bits per heavy atom. The lowest BCUT2D eigenvalue weighted by Gasteiger charge is -2.15. The van der Waals surface area contributed by atoms with Crippen LogP contribution < -0.4 is 21.4 Å². The van der Waals surface area contributed by atoms with Crippen LogP contribution in [0.3, 0.4) is 0 Å². The Balaban J connectivity index is 1.16. The van der Waals surface area contributed by atoms with E-state index in [0.717, 1.165) is 0 Å². The number of halogens is 30. The summed E-state index contributed by atoms with van der Waals surface area (Å²) in [5.74, 6) is -81.2. The maximum absolute atomic E-state index is 17.3. The first-order valence-electron chi connectivity index (χ1n) is 32.9. The van der Waals surface area contributed by atoms with E-state index in [4.69, 9.17) is 0 Å². The van der Waals surface area contributed by atoms with E-state index in [1.807, 2.05) is 0 Å². The zero-order valence-corrected chi connectivity index (χ0v) is 56.8. The number of nitrogens with zero attached hydrogens (tertiary/aromatic N) is 2. The summed E-state index contributed by atoms with van der Waals surface area (Å²) < 4.78 is 486. The summed E-state index contributed by atoms with van der Waals surface area (Å²) in [4.78, 5) is 16.9. The van der Waals surface area contributed by atoms with E-state index in [2.05, 4.69) is 41.8 Å². The molecule has 36 heteroatoms. The second-order valence-corrected chi connectivity index (χ2v) is 25.6. The SMILES string of the molecule is Fc1c(F)c(F)c(C2=C3C=CC(=N3)C(c3c(F)c(F)c(F)c(F)c3F)=c3ccc([nH]3)=C(c3c(F)c(F)c(F)c(F)c3F)c3ccc([nH]3)C(c3c(F)c(F)c(F)c(F)c3F)=c3ccc([nH]3)=C(c3c(F)c(F)c(F)c(F)c3F)C3=NC(=C(c4c(F)c(F)c(F)c(F)c4F)c4ccc2[nH]4)C(C#Cc2c4ccccc4cc4ccccc24)=C3)c(F)c1F. The van der Waals surface area contributed by atoms with Gasteiger partial charge in [0.1, 0.15) is 0 Å². The Kier molecular flexibility index (Phi) is 18.7. The van der Waals surface area contributed by atoms with Crippen molar-refractivity contribution in [3.8, 4) is 11.8 Å². The summed E-state index contributed by atoms with van der Waals surface area (Å²) in [5.41, 5.74) is -34.8. The number of nitrogens with one attached hydrogen (secondary N) is 4. The molecule has 0 spiro atoms. The predicted molar refractivity (Wildman–Crippen MR) is 360 cm³/mol. The van der Waals surface area contributed by atoms with Crippen molar-refractivity contribution in [1.82, 2.24) is 19.9 Å². The van der Waals surface area contributed by atoms with Gasteiger partial charge in [-0.3, -0.25) is 0 Å². The first-order chi connectivity index (χ1) is 56.1. The van der Waals surface area contributed by atoms with Crippen molar-refractivity contribution < 1.29 is 132 Å². The van der Waals surface area contributed by atoms with E-state index in [0.29, 0.717) is 77.5 Å². The molecule has 0 fully saturated rings. The van der Waals surface area contributed by atoms with E-state index in [9.17, 15) is 0 Å². The van der Waals surface area contributed by atoms with Gasteiger partial charge < -0.3 is 19.9 Å². The lowest BCUT2D eigenvalue weighted by molar-refractivity contribution is 0.376. The topological polar surface area (TPSA) is 87.9 Å². The molecule has 3 aliphatic rings. The Labute approximate surface area is 633 Å². The second kappa shape index (κ2) is 28.4. The monoisotopic (exact) mass is 1660 g/mol. The van der Waals surface area contributed by atoms with E-state index < -0.39 is 314 Å². The molecule has 16 rings (SSSR count). The molecule has 7 heterocycles. The van der Waals surface area contributed by atoms with Crippen LogP contribution in [0.2, 0.25) is 0 Å². The van der Waals surface area contributed by atoms with Crippen molar-refractivity contribution in [3.63, 3.8) is 0 Å². The molecule has 0 saturated carbocycles. The molecular formula is C82H24F30N6. The molecule has 6 nitrogen and oxygen atoms in total. The highest BCUT2D eigenvalue weighted by atomic mass is 19.2. The van der Waals surface area contributed by atoms with Crippen LogP contribution >= 0.6 is 0 Å². The molecule has 0 saturated heterocycles. The van der Waals surface area contributed by atoms with Gasteiger partial charge in [0, 0.05) is 83.2 Å². The summed E-state index contributed by atoms with van der Waals surface area (Å²) in [5, 5.41) is -3.94. The third-order valence-corrected chi connectivity index (χ3v) is 19.2. The number of aromatic amines is 4. The largest absolute Gasteiger partial charge is 0.354 e. The first-order valence-corrected chi connectivity index (χ1v) is 32.9. The van der Waals surface area contributed by atoms with Crippen LogP contribution in [-0.2, 0) is 0 Å². The molecule has 0 amide bonds. The maximum atomic E-state index is 17.3. The van der Waals surface area contributed by atoms with Gasteiger partial charge in [-0.2, -0.15) is 0 Å². The molecule has 0 radical (unpaired) electrons. The van der Waals surface area contributed by atoms with Gasteiger partial charge >= 0.3 is 0 Å². The molecule has 0 atom stereocenters. The zero-order chi connectivity index (χ0) is 84.4. The normalized spacial score (nSPS) is 13.8. The van der Waals surface area contributed by atoms with Crippen LogP contribution in [0.5, 0.6) is 0 Å². The van der Waals surface area contributed by atoms with Crippen LogP contribution in [0.4, 0.5) is 132 Å². The number of benzene rings is 9. The van der Waals surface area contributed by atoms with Gasteiger partial charge in [0.2, 0.25) is 34.9 Å². The number of hydrogen-bond donors (Lipinski definition) is 4. The molecule has 118 heavy (non-hydrogen) atoms. The molecule has 0 aliphatic carbocycles. The van der Waals surface area contributed by atoms with Crippen molar-refractivity contribution >= 4 is 66.4 Å². The van der Waals surface area contributed by atoms with Crippen LogP contribution in [0.15, 0.2) is 148 Å². The van der Waals surface area contributed by atoms with Crippen LogP contribution in [0.1, 0.15) is 61.7 Å². The molecule has 592 valence electrons. The third kappa shape index (κ3) is 11.7. The Morgan fingerprint density at radius 3 is 0.847 bits per heavy atom. The smallest absolute Gasteiger partial charge is 0.200 e. The summed E-state index contributed by atoms with van der Waals surface area (Å²) >= 11 is 0. The molecule has 13 aromatic rings. The lowest BCUT2D eigenvalue weighted by atomic mass is 9.94. The number of allylic oxidation sites excluding steroid dienone is 4. The molecule has 9 aromatic carbocycles. The van der Waals surface area contributed by atoms with Crippen LogP contribution in [0.25, 0.3) is 55.0 Å². The molecule has 3 aliphatic heterocycles. The summed E-state index contributed by atoms with van der Waals surface area (Å²) in [6.07, 6.45) is 1.16. The summed E-state index contributed by atoms with van der Waals surface area (Å²) in [6.45, 7) is 0. The van der Waals surface area contributed by atoms with Gasteiger partial charge in [0.05, 0.1) is 61.8 Å². The van der Waals surface area contributed by atoms with Gasteiger partial charge in [-0.1, -0.05) is 60.4 Å². The highest BCUT2D eigenvalue weighted by Crippen LogP contribution is 2.45. The van der Waals surface area contributed by atoms with Gasteiger partial charge in [-0.15, -0.1) is 0 Å². The van der Waals surface area contributed by atoms with Crippen molar-refractivity contribution in [2.24, 2.45) is 9.98 Å². The van der Waals surface area contributed by atoms with Crippen molar-refractivity contribution in [2.75, 3.05) is 0 Å². The second-order valence-electron chi connectivity index (χ2n) is 25.6. The molecular weight excluding hydrogens is 1640 g/mol. The van der Waals surface area contributed by atoms with E-state index in [1.54, 1.807) is 6.07 Å². The lowest BCUT2D eigenvalue weighted by Crippen LogP contribution is -2.23. The standard InChI is InChI=1S/C82H24F30N6/c83-52-46(53(84)65(96)76(107)64(52)95)40-29-11-12-30(113-29)41(47-54(85)66(97)77(108)67(98)55(47)86)32-15-16-34(115-32)43(49-58(89)70(101)79(110)71(102)59(49)90)36-19-20-38(117-36)45(51-62(93)74(105)81(112)75(106)63(51)94)82-25(9-10-28-26-7-3-1-5-23(26)21-24-6-2-4-8-27(24)28)22-39(118-82)44(50-60(91)72(103)80(111)73(104)61(50)92)37-18-17-35(116-37)42(33-14-13-31(40)114-33)48-56(87)68(99)78(109)69(100)57(48)88/h1-8,11-22,113-114,116-117H. The average molecular weight is 1660 g/mol. The highest BCUT2D eigenvalue weighted by Gasteiger charge is 2.41. The van der Waals surface area contributed by atoms with Crippen molar-refractivity contribution in [1.29, 1.82) is 0 Å². The third-order valence-electron chi connectivity index (χ3n) is 19.2. The van der Waals surface area contributed by atoms with Gasteiger partial charge in [-0.05, 0) is 94.4 Å². The summed E-state index contributed by atoms with van der Waals surface area (Å²) in [6, 6.07) is 16.9. The Morgan fingerprint density at radius 2 is 0.500 bits per heavy atom. The van der Waals surface area contributed by atoms with E-state index in [-0.39, 0.29) is 16.3 Å². The molecule has 4 N–H and O–H groups in total. The highest BCUT2D eigenvalue weighted by molar-refractivity contribution is 6.32. The fraction of sp³-hybridized carbons (Fsp3) is 0. The number of fused-ring (bicyclic) bond motifs is 12. The minimum absolute atomic E-state index is 0.0721. The Hall–Kier alpha value is -14.1. The van der Waals surface area contributed by atoms with Crippen LogP contribution in [-0.4, -0.2) is 31.4 Å². The number of aliphatic imine (C=N–C) groups is 2. The van der Waals surface area contributed by atoms with Gasteiger partial charge in [0.25, 0.3) is 0 Å². The molecule has 4 aromatic heterocycles. The average Bonchev–Trinajstić information content (AvgIpc) is 1.57. The van der Waals surface area contributed by atoms with Crippen molar-refractivity contribution in [2.45, 2.75) is 0 Å². The quantitative estimate of drug-likeness (QED) is 0.0420.